The van der Waals surface area contributed by atoms with E-state index in [0.29, 0.717) is 6.61 Å². The van der Waals surface area contributed by atoms with Gasteiger partial charge in [-0.15, -0.1) is 0 Å². The van der Waals surface area contributed by atoms with Crippen LogP contribution in [0.15, 0.2) is 53.0 Å². The van der Waals surface area contributed by atoms with E-state index in [1.807, 2.05) is 24.3 Å². The molecule has 0 amide bonds. The van der Waals surface area contributed by atoms with E-state index in [1.54, 1.807) is 0 Å². The number of aromatic nitrogens is 1. The molecule has 96 valence electrons. The fourth-order valence-corrected chi connectivity index (χ4v) is 2.49. The zero-order valence-electron chi connectivity index (χ0n) is 10.6. The number of fused-ring (bicyclic) bond motifs is 1. The number of nitrogens with one attached hydrogen (secondary N) is 1. The number of para-hydroxylation sites is 1. The molecule has 0 aliphatic carbocycles. The third-order valence-electron chi connectivity index (χ3n) is 3.12. The fraction of sp³-hybridized carbons (Fsp3) is 0.125. The number of halogens is 1. The van der Waals surface area contributed by atoms with Crippen LogP contribution in [0.25, 0.3) is 10.9 Å². The summed E-state index contributed by atoms with van der Waals surface area (Å²) in [5.74, 6) is 0.933. The highest BCUT2D eigenvalue weighted by Crippen LogP contribution is 2.22. The molecule has 0 fully saturated rings. The Morgan fingerprint density at radius 1 is 1.11 bits per heavy atom. The van der Waals surface area contributed by atoms with E-state index in [9.17, 15) is 0 Å². The van der Waals surface area contributed by atoms with Crippen LogP contribution in [0.4, 0.5) is 0 Å². The Morgan fingerprint density at radius 3 is 2.79 bits per heavy atom. The molecule has 0 saturated carbocycles. The van der Waals surface area contributed by atoms with Crippen molar-refractivity contribution < 1.29 is 4.74 Å². The molecule has 0 aliphatic heterocycles. The topological polar surface area (TPSA) is 25.0 Å². The quantitative estimate of drug-likeness (QED) is 0.736. The Labute approximate surface area is 120 Å². The first kappa shape index (κ1) is 12.3. The Bertz CT molecular complexity index is 718. The van der Waals surface area contributed by atoms with Crippen molar-refractivity contribution >= 4 is 26.8 Å². The van der Waals surface area contributed by atoms with Gasteiger partial charge in [-0.3, -0.25) is 0 Å². The van der Waals surface area contributed by atoms with Crippen LogP contribution in [-0.4, -0.2) is 4.98 Å². The number of aromatic amines is 1. The molecule has 19 heavy (non-hydrogen) atoms. The van der Waals surface area contributed by atoms with Gasteiger partial charge < -0.3 is 9.72 Å². The van der Waals surface area contributed by atoms with Gasteiger partial charge in [0, 0.05) is 15.4 Å². The molecule has 3 rings (SSSR count). The van der Waals surface area contributed by atoms with Crippen LogP contribution < -0.4 is 4.74 Å². The summed E-state index contributed by atoms with van der Waals surface area (Å²) < 4.78 is 6.93. The molecule has 1 aromatic heterocycles. The highest BCUT2D eigenvalue weighted by atomic mass is 79.9. The molecule has 3 heteroatoms. The van der Waals surface area contributed by atoms with Crippen molar-refractivity contribution in [2.24, 2.45) is 0 Å². The van der Waals surface area contributed by atoms with Crippen molar-refractivity contribution in [2.75, 3.05) is 0 Å². The first-order chi connectivity index (χ1) is 9.22. The SMILES string of the molecule is Cc1ccccc1OCc1cc2cc(Br)ccc2[nH]1. The lowest BCUT2D eigenvalue weighted by Crippen LogP contribution is -1.96. The highest BCUT2D eigenvalue weighted by molar-refractivity contribution is 9.10. The molecule has 0 aliphatic rings. The molecule has 0 bridgehead atoms. The number of hydrogen-bond donors (Lipinski definition) is 1. The Hall–Kier alpha value is -1.74. The van der Waals surface area contributed by atoms with Crippen LogP contribution in [0.5, 0.6) is 5.75 Å². The molecule has 1 heterocycles. The van der Waals surface area contributed by atoms with Crippen molar-refractivity contribution in [1.29, 1.82) is 0 Å². The third-order valence-corrected chi connectivity index (χ3v) is 3.61. The lowest BCUT2D eigenvalue weighted by atomic mass is 10.2. The number of hydrogen-bond acceptors (Lipinski definition) is 1. The van der Waals surface area contributed by atoms with Gasteiger partial charge in [0.1, 0.15) is 12.4 Å². The van der Waals surface area contributed by atoms with Gasteiger partial charge >= 0.3 is 0 Å². The van der Waals surface area contributed by atoms with Gasteiger partial charge in [0.25, 0.3) is 0 Å². The van der Waals surface area contributed by atoms with E-state index in [2.05, 4.69) is 52.1 Å². The highest BCUT2D eigenvalue weighted by Gasteiger charge is 2.03. The van der Waals surface area contributed by atoms with Crippen molar-refractivity contribution in [2.45, 2.75) is 13.5 Å². The molecule has 0 atom stereocenters. The van der Waals surface area contributed by atoms with Gasteiger partial charge in [-0.2, -0.15) is 0 Å². The molecule has 3 aromatic rings. The summed E-state index contributed by atoms with van der Waals surface area (Å²) in [4.78, 5) is 3.37. The second-order valence-electron chi connectivity index (χ2n) is 4.58. The molecule has 2 aromatic carbocycles. The van der Waals surface area contributed by atoms with Crippen LogP contribution in [0.2, 0.25) is 0 Å². The first-order valence-electron chi connectivity index (χ1n) is 6.18. The maximum absolute atomic E-state index is 5.84. The molecule has 0 saturated heterocycles. The summed E-state index contributed by atoms with van der Waals surface area (Å²) in [7, 11) is 0. The van der Waals surface area contributed by atoms with E-state index in [1.165, 1.54) is 5.39 Å². The molecular weight excluding hydrogens is 302 g/mol. The minimum Gasteiger partial charge on any atom is -0.487 e. The van der Waals surface area contributed by atoms with E-state index in [0.717, 1.165) is 27.0 Å². The Kier molecular flexibility index (Phi) is 3.30. The Morgan fingerprint density at radius 2 is 1.95 bits per heavy atom. The zero-order valence-corrected chi connectivity index (χ0v) is 12.2. The molecule has 2 nitrogen and oxygen atoms in total. The smallest absolute Gasteiger partial charge is 0.128 e. The van der Waals surface area contributed by atoms with E-state index in [4.69, 9.17) is 4.74 Å². The van der Waals surface area contributed by atoms with Crippen molar-refractivity contribution in [3.8, 4) is 5.75 Å². The van der Waals surface area contributed by atoms with E-state index in [-0.39, 0.29) is 0 Å². The van der Waals surface area contributed by atoms with Gasteiger partial charge in [-0.05, 0) is 42.8 Å². The second kappa shape index (κ2) is 5.10. The lowest BCUT2D eigenvalue weighted by molar-refractivity contribution is 0.300. The number of ether oxygens (including phenoxy) is 1. The number of aryl methyl sites for hydroxylation is 1. The predicted octanol–water partition coefficient (Wildman–Crippen LogP) is 4.82. The second-order valence-corrected chi connectivity index (χ2v) is 5.50. The maximum Gasteiger partial charge on any atom is 0.128 e. The van der Waals surface area contributed by atoms with Crippen LogP contribution in [-0.2, 0) is 6.61 Å². The molecular formula is C16H14BrNO. The van der Waals surface area contributed by atoms with Gasteiger partial charge in [0.2, 0.25) is 0 Å². The standard InChI is InChI=1S/C16H14BrNO/c1-11-4-2-3-5-16(11)19-10-14-9-12-8-13(17)6-7-15(12)18-14/h2-9,18H,10H2,1H3. The number of benzene rings is 2. The minimum absolute atomic E-state index is 0.553. The summed E-state index contributed by atoms with van der Waals surface area (Å²) in [6.45, 7) is 2.61. The number of rotatable bonds is 3. The van der Waals surface area contributed by atoms with Crippen molar-refractivity contribution in [3.63, 3.8) is 0 Å². The first-order valence-corrected chi connectivity index (χ1v) is 6.97. The Balaban J connectivity index is 1.80. The minimum atomic E-state index is 0.553. The summed E-state index contributed by atoms with van der Waals surface area (Å²) >= 11 is 3.48. The summed E-state index contributed by atoms with van der Waals surface area (Å²) in [6, 6.07) is 16.4. The monoisotopic (exact) mass is 315 g/mol. The van der Waals surface area contributed by atoms with Crippen molar-refractivity contribution in [3.05, 3.63) is 64.3 Å². The summed E-state index contributed by atoms with van der Waals surface area (Å²) in [5, 5.41) is 1.19. The average Bonchev–Trinajstić information content (AvgIpc) is 2.79. The maximum atomic E-state index is 5.84. The largest absolute Gasteiger partial charge is 0.487 e. The lowest BCUT2D eigenvalue weighted by Gasteiger charge is -2.07. The number of H-pyrrole nitrogens is 1. The molecule has 0 unspecified atom stereocenters. The van der Waals surface area contributed by atoms with Crippen LogP contribution in [0.1, 0.15) is 11.3 Å². The third kappa shape index (κ3) is 2.66. The van der Waals surface area contributed by atoms with Gasteiger partial charge in [0.15, 0.2) is 0 Å². The van der Waals surface area contributed by atoms with Gasteiger partial charge in [-0.25, -0.2) is 0 Å². The zero-order chi connectivity index (χ0) is 13.2. The summed E-state index contributed by atoms with van der Waals surface area (Å²) in [5.41, 5.74) is 3.37. The van der Waals surface area contributed by atoms with Crippen LogP contribution >= 0.6 is 15.9 Å². The van der Waals surface area contributed by atoms with Crippen LogP contribution in [0, 0.1) is 6.92 Å². The molecule has 1 N–H and O–H groups in total. The molecule has 0 radical (unpaired) electrons. The fourth-order valence-electron chi connectivity index (χ4n) is 2.12. The van der Waals surface area contributed by atoms with Gasteiger partial charge in [-0.1, -0.05) is 34.1 Å². The van der Waals surface area contributed by atoms with Gasteiger partial charge in [0.05, 0.1) is 5.69 Å². The van der Waals surface area contributed by atoms with E-state index >= 15 is 0 Å². The average molecular weight is 316 g/mol. The van der Waals surface area contributed by atoms with Crippen molar-refractivity contribution in [1.82, 2.24) is 4.98 Å². The predicted molar refractivity (Wildman–Crippen MR) is 81.5 cm³/mol. The normalized spacial score (nSPS) is 10.8. The molecule has 0 spiro atoms. The summed E-state index contributed by atoms with van der Waals surface area (Å²) in [6.07, 6.45) is 0. The van der Waals surface area contributed by atoms with E-state index < -0.39 is 0 Å². The van der Waals surface area contributed by atoms with Crippen LogP contribution in [0.3, 0.4) is 0 Å².